The summed E-state index contributed by atoms with van der Waals surface area (Å²) in [6.07, 6.45) is 16.3. The molecule has 0 heterocycles. The van der Waals surface area contributed by atoms with Gasteiger partial charge in [-0.25, -0.2) is 0 Å². The Morgan fingerprint density at radius 1 is 0.944 bits per heavy atom. The van der Waals surface area contributed by atoms with Gasteiger partial charge in [-0.1, -0.05) is 65.5 Å². The first kappa shape index (κ1) is 27.7. The molecule has 8 atom stereocenters. The largest absolute Gasteiger partial charge is 0.481 e. The summed E-state index contributed by atoms with van der Waals surface area (Å²) in [6, 6.07) is 0. The molecule has 0 bridgehead atoms. The number of carbonyl (C=O) groups is 2. The van der Waals surface area contributed by atoms with Gasteiger partial charge in [0.1, 0.15) is 0 Å². The molecule has 3 saturated carbocycles. The molecule has 4 aliphatic carbocycles. The van der Waals surface area contributed by atoms with Crippen LogP contribution in [0, 0.1) is 58.2 Å². The molecule has 0 aromatic heterocycles. The lowest BCUT2D eigenvalue weighted by molar-refractivity contribution is -0.141. The van der Waals surface area contributed by atoms with Crippen LogP contribution in [0.1, 0.15) is 118 Å². The quantitative estimate of drug-likeness (QED) is 0.296. The number of hydrogen-bond donors (Lipinski definition) is 2. The van der Waals surface area contributed by atoms with E-state index in [0.29, 0.717) is 5.41 Å². The van der Waals surface area contributed by atoms with E-state index in [0.717, 1.165) is 54.8 Å². The molecule has 36 heavy (non-hydrogen) atoms. The first-order valence-electron chi connectivity index (χ1n) is 15.1. The SMILES string of the molecule is CC(C)CCC[C@@H](C)[C@H]1CCC2C3CC=C4CC(C(CC(=O)O)CC(=O)O)CC[C@]4(C)C3CC[C@@]21C. The van der Waals surface area contributed by atoms with Gasteiger partial charge in [-0.15, -0.1) is 0 Å². The Bertz CT molecular complexity index is 829. The molecule has 0 radical (unpaired) electrons. The second-order valence-electron chi connectivity index (χ2n) is 14.2. The fourth-order valence-corrected chi connectivity index (χ4v) is 9.97. The van der Waals surface area contributed by atoms with Crippen LogP contribution in [0.25, 0.3) is 0 Å². The number of rotatable bonds is 10. The monoisotopic (exact) mass is 500 g/mol. The van der Waals surface area contributed by atoms with Gasteiger partial charge in [0.2, 0.25) is 0 Å². The van der Waals surface area contributed by atoms with Crippen LogP contribution in [0.5, 0.6) is 0 Å². The number of aliphatic carboxylic acids is 2. The highest BCUT2D eigenvalue weighted by atomic mass is 16.4. The van der Waals surface area contributed by atoms with Gasteiger partial charge in [0.15, 0.2) is 0 Å². The Labute approximate surface area is 219 Å². The maximum absolute atomic E-state index is 11.5. The summed E-state index contributed by atoms with van der Waals surface area (Å²) < 4.78 is 0. The number of fused-ring (bicyclic) bond motifs is 5. The molecule has 204 valence electrons. The van der Waals surface area contributed by atoms with Crippen LogP contribution in [-0.2, 0) is 9.59 Å². The summed E-state index contributed by atoms with van der Waals surface area (Å²) in [4.78, 5) is 22.9. The van der Waals surface area contributed by atoms with Gasteiger partial charge in [-0.2, -0.15) is 0 Å². The number of carboxylic acid groups (broad SMARTS) is 2. The first-order valence-corrected chi connectivity index (χ1v) is 15.1. The van der Waals surface area contributed by atoms with Crippen molar-refractivity contribution >= 4 is 11.9 Å². The highest BCUT2D eigenvalue weighted by Crippen LogP contribution is 2.67. The smallest absolute Gasteiger partial charge is 0.303 e. The number of hydrogen-bond acceptors (Lipinski definition) is 2. The molecule has 4 heteroatoms. The van der Waals surface area contributed by atoms with Crippen molar-refractivity contribution in [1.29, 1.82) is 0 Å². The van der Waals surface area contributed by atoms with Crippen LogP contribution in [0.15, 0.2) is 11.6 Å². The minimum atomic E-state index is -0.868. The lowest BCUT2D eigenvalue weighted by Crippen LogP contribution is -2.50. The van der Waals surface area contributed by atoms with E-state index < -0.39 is 11.9 Å². The van der Waals surface area contributed by atoms with Crippen molar-refractivity contribution in [2.24, 2.45) is 58.2 Å². The molecule has 0 aromatic rings. The average molecular weight is 501 g/mol. The lowest BCUT2D eigenvalue weighted by Gasteiger charge is -2.59. The minimum absolute atomic E-state index is 0.0236. The molecule has 2 N–H and O–H groups in total. The fourth-order valence-electron chi connectivity index (χ4n) is 9.97. The normalized spacial score (nSPS) is 38.8. The van der Waals surface area contributed by atoms with Gasteiger partial charge < -0.3 is 10.2 Å². The topological polar surface area (TPSA) is 74.6 Å². The van der Waals surface area contributed by atoms with E-state index in [2.05, 4.69) is 40.7 Å². The fraction of sp³-hybridized carbons (Fsp3) is 0.875. The van der Waals surface area contributed by atoms with Crippen molar-refractivity contribution in [3.8, 4) is 0 Å². The third kappa shape index (κ3) is 5.30. The number of carboxylic acids is 2. The van der Waals surface area contributed by atoms with Crippen LogP contribution in [0.2, 0.25) is 0 Å². The molecule has 4 nitrogen and oxygen atoms in total. The molecule has 3 fully saturated rings. The van der Waals surface area contributed by atoms with Crippen molar-refractivity contribution in [3.05, 3.63) is 11.6 Å². The van der Waals surface area contributed by atoms with Crippen molar-refractivity contribution in [2.75, 3.05) is 0 Å². The Kier molecular flexibility index (Phi) is 8.32. The lowest BCUT2D eigenvalue weighted by atomic mass is 9.46. The Hall–Kier alpha value is -1.32. The van der Waals surface area contributed by atoms with E-state index in [1.807, 2.05) is 0 Å². The summed E-state index contributed by atoms with van der Waals surface area (Å²) >= 11 is 0. The van der Waals surface area contributed by atoms with Gasteiger partial charge in [0, 0.05) is 12.8 Å². The second-order valence-corrected chi connectivity index (χ2v) is 14.2. The van der Waals surface area contributed by atoms with E-state index in [9.17, 15) is 19.8 Å². The third-order valence-corrected chi connectivity index (χ3v) is 11.9. The van der Waals surface area contributed by atoms with Crippen LogP contribution in [0.4, 0.5) is 0 Å². The predicted molar refractivity (Wildman–Crippen MR) is 145 cm³/mol. The van der Waals surface area contributed by atoms with Crippen molar-refractivity contribution < 1.29 is 19.8 Å². The maximum Gasteiger partial charge on any atom is 0.303 e. The molecular weight excluding hydrogens is 448 g/mol. The van der Waals surface area contributed by atoms with Crippen molar-refractivity contribution in [3.63, 3.8) is 0 Å². The van der Waals surface area contributed by atoms with Crippen LogP contribution in [0.3, 0.4) is 0 Å². The molecule has 4 aliphatic rings. The average Bonchev–Trinajstić information content (AvgIpc) is 3.14. The van der Waals surface area contributed by atoms with Gasteiger partial charge in [-0.05, 0) is 110 Å². The van der Waals surface area contributed by atoms with Gasteiger partial charge in [0.05, 0.1) is 0 Å². The molecule has 0 aromatic carbocycles. The Balaban J connectivity index is 1.47. The van der Waals surface area contributed by atoms with Gasteiger partial charge >= 0.3 is 11.9 Å². The molecular formula is C32H52O4. The van der Waals surface area contributed by atoms with Gasteiger partial charge in [0.25, 0.3) is 0 Å². The second kappa shape index (κ2) is 10.8. The maximum atomic E-state index is 11.5. The molecule has 0 aliphatic heterocycles. The summed E-state index contributed by atoms with van der Waals surface area (Å²) in [6.45, 7) is 12.4. The van der Waals surface area contributed by atoms with Crippen LogP contribution in [-0.4, -0.2) is 22.2 Å². The van der Waals surface area contributed by atoms with E-state index in [-0.39, 0.29) is 30.1 Å². The minimum Gasteiger partial charge on any atom is -0.481 e. The predicted octanol–water partition coefficient (Wildman–Crippen LogP) is 8.21. The molecule has 4 rings (SSSR count). The van der Waals surface area contributed by atoms with E-state index in [1.54, 1.807) is 0 Å². The van der Waals surface area contributed by atoms with Crippen molar-refractivity contribution in [2.45, 2.75) is 118 Å². The summed E-state index contributed by atoms with van der Waals surface area (Å²) in [5.41, 5.74) is 2.24. The Morgan fingerprint density at radius 2 is 1.64 bits per heavy atom. The van der Waals surface area contributed by atoms with E-state index >= 15 is 0 Å². The standard InChI is InChI=1S/C32H52O4/c1-20(2)7-6-8-21(3)26-11-12-27-25-10-9-24-17-22(23(18-29(33)34)19-30(35)36)13-15-31(24,4)28(25)14-16-32(26,27)5/h9,20-23,25-28H,6-8,10-19H2,1-5H3,(H,33,34)(H,35,36)/t21-,22?,25?,26-,27?,28?,31+,32-/m1/s1. The molecule has 0 amide bonds. The highest BCUT2D eigenvalue weighted by Gasteiger charge is 2.59. The third-order valence-electron chi connectivity index (χ3n) is 11.9. The summed E-state index contributed by atoms with van der Waals surface area (Å²) in [5.74, 6) is 3.07. The van der Waals surface area contributed by atoms with E-state index in [4.69, 9.17) is 0 Å². The van der Waals surface area contributed by atoms with Crippen LogP contribution < -0.4 is 0 Å². The first-order chi connectivity index (χ1) is 17.0. The summed E-state index contributed by atoms with van der Waals surface area (Å²) in [5, 5.41) is 18.8. The van der Waals surface area contributed by atoms with Crippen molar-refractivity contribution in [1.82, 2.24) is 0 Å². The van der Waals surface area contributed by atoms with E-state index in [1.165, 1.54) is 56.9 Å². The number of allylic oxidation sites excluding steroid dienone is 2. The highest BCUT2D eigenvalue weighted by molar-refractivity contribution is 5.70. The molecule has 0 saturated heterocycles. The Morgan fingerprint density at radius 3 is 2.28 bits per heavy atom. The van der Waals surface area contributed by atoms with Gasteiger partial charge in [-0.3, -0.25) is 9.59 Å². The molecule has 4 unspecified atom stereocenters. The summed E-state index contributed by atoms with van der Waals surface area (Å²) in [7, 11) is 0. The zero-order valence-electron chi connectivity index (χ0n) is 23.6. The zero-order valence-corrected chi connectivity index (χ0v) is 23.6. The zero-order chi connectivity index (χ0) is 26.3. The van der Waals surface area contributed by atoms with Crippen LogP contribution >= 0.6 is 0 Å². The molecule has 0 spiro atoms.